The van der Waals surface area contributed by atoms with Crippen LogP contribution in [0.4, 0.5) is 5.69 Å². The number of nitrogen functional groups attached to an aromatic ring is 1. The average Bonchev–Trinajstić information content (AvgIpc) is 2.78. The second-order valence-electron chi connectivity index (χ2n) is 4.37. The molecule has 0 bridgehead atoms. The Morgan fingerprint density at radius 3 is 2.80 bits per heavy atom. The van der Waals surface area contributed by atoms with Crippen molar-refractivity contribution >= 4 is 44.3 Å². The molecule has 0 unspecified atom stereocenters. The maximum atomic E-state index is 9.54. The van der Waals surface area contributed by atoms with E-state index < -0.39 is 0 Å². The number of fused-ring (bicyclic) bond motifs is 1. The fraction of sp³-hybridized carbons (Fsp3) is 0.0714. The number of hydrogen-bond acceptors (Lipinski definition) is 3. The summed E-state index contributed by atoms with van der Waals surface area (Å²) in [6.07, 6.45) is 0. The Morgan fingerprint density at radius 1 is 1.25 bits per heavy atom. The van der Waals surface area contributed by atoms with Gasteiger partial charge in [-0.1, -0.05) is 27.5 Å². The van der Waals surface area contributed by atoms with Crippen molar-refractivity contribution in [3.63, 3.8) is 0 Å². The first-order chi connectivity index (χ1) is 9.60. The van der Waals surface area contributed by atoms with E-state index in [4.69, 9.17) is 17.3 Å². The fourth-order valence-electron chi connectivity index (χ4n) is 2.18. The van der Waals surface area contributed by atoms with Crippen molar-refractivity contribution < 1.29 is 5.11 Å². The highest BCUT2D eigenvalue weighted by atomic mass is 79.9. The van der Waals surface area contributed by atoms with Crippen LogP contribution in [0.3, 0.4) is 0 Å². The summed E-state index contributed by atoms with van der Waals surface area (Å²) in [4.78, 5) is 4.40. The number of rotatable bonds is 2. The molecule has 0 radical (unpaired) electrons. The summed E-state index contributed by atoms with van der Waals surface area (Å²) in [7, 11) is 0. The normalized spacial score (nSPS) is 11.2. The van der Waals surface area contributed by atoms with Gasteiger partial charge >= 0.3 is 0 Å². The summed E-state index contributed by atoms with van der Waals surface area (Å²) in [5.41, 5.74) is 8.74. The van der Waals surface area contributed by atoms with Gasteiger partial charge < -0.3 is 10.8 Å². The van der Waals surface area contributed by atoms with Crippen molar-refractivity contribution in [1.29, 1.82) is 0 Å². The summed E-state index contributed by atoms with van der Waals surface area (Å²) in [6.45, 7) is -0.183. The first-order valence-corrected chi connectivity index (χ1v) is 7.10. The molecule has 0 saturated carbocycles. The van der Waals surface area contributed by atoms with Crippen LogP contribution in [0.2, 0.25) is 5.02 Å². The van der Waals surface area contributed by atoms with Crippen LogP contribution >= 0.6 is 27.5 Å². The third-order valence-corrected chi connectivity index (χ3v) is 3.85. The van der Waals surface area contributed by atoms with Crippen molar-refractivity contribution in [1.82, 2.24) is 9.55 Å². The van der Waals surface area contributed by atoms with Gasteiger partial charge in [0.15, 0.2) is 0 Å². The summed E-state index contributed by atoms with van der Waals surface area (Å²) < 4.78 is 2.74. The predicted molar refractivity (Wildman–Crippen MR) is 84.1 cm³/mol. The molecule has 3 aromatic rings. The third kappa shape index (κ3) is 2.18. The zero-order valence-corrected chi connectivity index (χ0v) is 12.7. The molecular formula is C14H11BrClN3O. The Balaban J connectivity index is 2.37. The summed E-state index contributed by atoms with van der Waals surface area (Å²) in [5, 5.41) is 10.1. The molecule has 0 aliphatic carbocycles. The average molecular weight is 353 g/mol. The van der Waals surface area contributed by atoms with E-state index in [0.29, 0.717) is 16.5 Å². The highest BCUT2D eigenvalue weighted by Gasteiger charge is 2.14. The largest absolute Gasteiger partial charge is 0.399 e. The van der Waals surface area contributed by atoms with E-state index in [-0.39, 0.29) is 6.61 Å². The standard InChI is InChI=1S/C14H11BrClN3O/c15-8-1-3-10(16)13(5-8)19-12-4-2-9(17)6-11(12)18-14(19)7-20/h1-6,20H,7,17H2. The van der Waals surface area contributed by atoms with Gasteiger partial charge in [-0.25, -0.2) is 4.98 Å². The summed E-state index contributed by atoms with van der Waals surface area (Å²) in [5.74, 6) is 0.519. The van der Waals surface area contributed by atoms with E-state index in [0.717, 1.165) is 21.2 Å². The summed E-state index contributed by atoms with van der Waals surface area (Å²) in [6, 6.07) is 11.0. The molecule has 0 spiro atoms. The molecule has 1 aromatic heterocycles. The highest BCUT2D eigenvalue weighted by Crippen LogP contribution is 2.30. The van der Waals surface area contributed by atoms with Gasteiger partial charge in [0, 0.05) is 10.2 Å². The lowest BCUT2D eigenvalue weighted by molar-refractivity contribution is 0.270. The number of aliphatic hydroxyl groups excluding tert-OH is 1. The number of nitrogens with zero attached hydrogens (tertiary/aromatic N) is 2. The van der Waals surface area contributed by atoms with Gasteiger partial charge in [0.2, 0.25) is 0 Å². The molecule has 3 N–H and O–H groups in total. The van der Waals surface area contributed by atoms with Gasteiger partial charge in [0.1, 0.15) is 12.4 Å². The lowest BCUT2D eigenvalue weighted by Crippen LogP contribution is -2.02. The Bertz CT molecular complexity index is 800. The minimum Gasteiger partial charge on any atom is -0.399 e. The SMILES string of the molecule is Nc1ccc2c(c1)nc(CO)n2-c1cc(Br)ccc1Cl. The molecule has 102 valence electrons. The van der Waals surface area contributed by atoms with Crippen LogP contribution in [0.25, 0.3) is 16.7 Å². The van der Waals surface area contributed by atoms with Gasteiger partial charge in [0.05, 0.1) is 21.7 Å². The third-order valence-electron chi connectivity index (χ3n) is 3.04. The molecule has 0 atom stereocenters. The Kier molecular flexibility index (Phi) is 3.41. The van der Waals surface area contributed by atoms with Crippen LogP contribution in [-0.4, -0.2) is 14.7 Å². The zero-order chi connectivity index (χ0) is 14.3. The number of hydrogen-bond donors (Lipinski definition) is 2. The van der Waals surface area contributed by atoms with Crippen molar-refractivity contribution in [3.05, 3.63) is 51.7 Å². The van der Waals surface area contributed by atoms with Crippen LogP contribution in [0.1, 0.15) is 5.82 Å². The first kappa shape index (κ1) is 13.4. The number of anilines is 1. The molecule has 0 aliphatic rings. The number of aromatic nitrogens is 2. The molecule has 0 amide bonds. The van der Waals surface area contributed by atoms with Crippen LogP contribution in [0.5, 0.6) is 0 Å². The molecule has 0 aliphatic heterocycles. The van der Waals surface area contributed by atoms with Crippen LogP contribution in [-0.2, 0) is 6.61 Å². The van der Waals surface area contributed by atoms with Crippen molar-refractivity contribution in [3.8, 4) is 5.69 Å². The number of imidazole rings is 1. The monoisotopic (exact) mass is 351 g/mol. The van der Waals surface area contributed by atoms with Gasteiger partial charge in [0.25, 0.3) is 0 Å². The smallest absolute Gasteiger partial charge is 0.140 e. The molecule has 4 nitrogen and oxygen atoms in total. The molecule has 0 fully saturated rings. The number of halogens is 2. The van der Waals surface area contributed by atoms with Gasteiger partial charge in [-0.2, -0.15) is 0 Å². The van der Waals surface area contributed by atoms with E-state index in [1.807, 2.05) is 22.8 Å². The van der Waals surface area contributed by atoms with Gasteiger partial charge in [-0.05, 0) is 36.4 Å². The number of benzene rings is 2. The van der Waals surface area contributed by atoms with E-state index >= 15 is 0 Å². The molecule has 1 heterocycles. The van der Waals surface area contributed by atoms with E-state index in [2.05, 4.69) is 20.9 Å². The van der Waals surface area contributed by atoms with E-state index in [1.54, 1.807) is 18.2 Å². The van der Waals surface area contributed by atoms with Gasteiger partial charge in [-0.15, -0.1) is 0 Å². The summed E-state index contributed by atoms with van der Waals surface area (Å²) >= 11 is 9.70. The topological polar surface area (TPSA) is 64.1 Å². The van der Waals surface area contributed by atoms with E-state index in [1.165, 1.54) is 0 Å². The second kappa shape index (κ2) is 5.09. The molecule has 3 rings (SSSR count). The molecule has 0 saturated heterocycles. The number of nitrogens with two attached hydrogens (primary N) is 1. The molecule has 2 aromatic carbocycles. The lowest BCUT2D eigenvalue weighted by atomic mass is 10.2. The quantitative estimate of drug-likeness (QED) is 0.694. The Labute approximate surface area is 128 Å². The molecule has 20 heavy (non-hydrogen) atoms. The number of aliphatic hydroxyl groups is 1. The highest BCUT2D eigenvalue weighted by molar-refractivity contribution is 9.10. The fourth-order valence-corrected chi connectivity index (χ4v) is 2.73. The van der Waals surface area contributed by atoms with Crippen molar-refractivity contribution in [2.75, 3.05) is 5.73 Å². The minimum absolute atomic E-state index is 0.183. The zero-order valence-electron chi connectivity index (χ0n) is 10.3. The van der Waals surface area contributed by atoms with Crippen molar-refractivity contribution in [2.24, 2.45) is 0 Å². The van der Waals surface area contributed by atoms with Gasteiger partial charge in [-0.3, -0.25) is 4.57 Å². The molecule has 6 heteroatoms. The first-order valence-electron chi connectivity index (χ1n) is 5.93. The maximum Gasteiger partial charge on any atom is 0.140 e. The molecular weight excluding hydrogens is 342 g/mol. The maximum absolute atomic E-state index is 9.54. The van der Waals surface area contributed by atoms with Crippen LogP contribution < -0.4 is 5.73 Å². The Morgan fingerprint density at radius 2 is 2.05 bits per heavy atom. The van der Waals surface area contributed by atoms with Crippen molar-refractivity contribution in [2.45, 2.75) is 6.61 Å². The second-order valence-corrected chi connectivity index (χ2v) is 5.69. The Hall–Kier alpha value is -1.56. The lowest BCUT2D eigenvalue weighted by Gasteiger charge is -2.10. The van der Waals surface area contributed by atoms with Crippen LogP contribution in [0.15, 0.2) is 40.9 Å². The predicted octanol–water partition coefficient (Wildman–Crippen LogP) is 3.52. The van der Waals surface area contributed by atoms with Crippen LogP contribution in [0, 0.1) is 0 Å². The van der Waals surface area contributed by atoms with E-state index in [9.17, 15) is 5.11 Å². The minimum atomic E-state index is -0.183.